The Morgan fingerprint density at radius 2 is 1.61 bits per heavy atom. The van der Waals surface area contributed by atoms with E-state index in [1.54, 1.807) is 43.3 Å². The highest BCUT2D eigenvalue weighted by Gasteiger charge is 2.20. The highest BCUT2D eigenvalue weighted by molar-refractivity contribution is 6.35. The van der Waals surface area contributed by atoms with E-state index in [9.17, 15) is 14.4 Å². The van der Waals surface area contributed by atoms with Crippen LogP contribution in [0.4, 0.5) is 16.2 Å². The van der Waals surface area contributed by atoms with E-state index in [-0.39, 0.29) is 29.9 Å². The molecule has 0 fully saturated rings. The zero-order chi connectivity index (χ0) is 27.5. The number of anilines is 2. The van der Waals surface area contributed by atoms with Crippen LogP contribution in [0.2, 0.25) is 10.0 Å². The van der Waals surface area contributed by atoms with Gasteiger partial charge in [-0.15, -0.1) is 0 Å². The SMILES string of the molecule is CC[C@@H](Oc1ncc(Cl)cc1Cl)C(=O)NCc1cccc(NC(=O)Nc2cccc(CNCC(=O)O)c2)c1. The van der Waals surface area contributed by atoms with Gasteiger partial charge in [0.15, 0.2) is 6.10 Å². The molecule has 0 radical (unpaired) electrons. The van der Waals surface area contributed by atoms with Gasteiger partial charge in [-0.05, 0) is 47.9 Å². The zero-order valence-corrected chi connectivity index (χ0v) is 22.0. The minimum atomic E-state index is -0.945. The summed E-state index contributed by atoms with van der Waals surface area (Å²) >= 11 is 11.9. The standard InChI is InChI=1S/C26H27Cl2N5O5/c1-2-22(38-25-21(28)11-18(27)14-31-25)24(36)30-13-17-6-4-8-20(10-17)33-26(37)32-19-7-3-5-16(9-19)12-29-15-23(34)35/h3-11,14,22,29H,2,12-13,15H2,1H3,(H,30,36)(H,34,35)(H2,32,33,37)/t22-/m1/s1. The van der Waals surface area contributed by atoms with Gasteiger partial charge in [-0.3, -0.25) is 9.59 Å². The number of carbonyl (C=O) groups excluding carboxylic acids is 2. The topological polar surface area (TPSA) is 142 Å². The minimum absolute atomic E-state index is 0.123. The van der Waals surface area contributed by atoms with Crippen molar-refractivity contribution >= 4 is 52.5 Å². The molecule has 200 valence electrons. The Morgan fingerprint density at radius 1 is 0.974 bits per heavy atom. The van der Waals surface area contributed by atoms with Gasteiger partial charge in [-0.2, -0.15) is 0 Å². The van der Waals surface area contributed by atoms with Crippen LogP contribution in [0.3, 0.4) is 0 Å². The normalized spacial score (nSPS) is 11.3. The van der Waals surface area contributed by atoms with Gasteiger partial charge in [0.1, 0.15) is 5.02 Å². The smallest absolute Gasteiger partial charge is 0.323 e. The van der Waals surface area contributed by atoms with Gasteiger partial charge in [0.2, 0.25) is 5.88 Å². The molecule has 1 heterocycles. The number of carboxylic acids is 1. The number of amides is 3. The van der Waals surface area contributed by atoms with Crippen LogP contribution in [0.5, 0.6) is 5.88 Å². The number of hydrogen-bond donors (Lipinski definition) is 5. The summed E-state index contributed by atoms with van der Waals surface area (Å²) in [7, 11) is 0. The highest BCUT2D eigenvalue weighted by Crippen LogP contribution is 2.26. The third kappa shape index (κ3) is 9.22. The largest absolute Gasteiger partial charge is 0.480 e. The predicted octanol–water partition coefficient (Wildman–Crippen LogP) is 4.68. The summed E-state index contributed by atoms with van der Waals surface area (Å²) in [6, 6.07) is 15.1. The molecule has 0 aliphatic carbocycles. The van der Waals surface area contributed by atoms with Crippen molar-refractivity contribution in [2.45, 2.75) is 32.5 Å². The first-order valence-corrected chi connectivity index (χ1v) is 12.4. The molecule has 3 amide bonds. The second-order valence-electron chi connectivity index (χ2n) is 8.15. The maximum Gasteiger partial charge on any atom is 0.323 e. The molecule has 10 nitrogen and oxygen atoms in total. The summed E-state index contributed by atoms with van der Waals surface area (Å²) < 4.78 is 5.66. The van der Waals surface area contributed by atoms with E-state index in [1.807, 2.05) is 12.1 Å². The van der Waals surface area contributed by atoms with E-state index in [2.05, 4.69) is 26.3 Å². The summed E-state index contributed by atoms with van der Waals surface area (Å²) in [5.41, 5.74) is 2.68. The van der Waals surface area contributed by atoms with E-state index in [0.717, 1.165) is 11.1 Å². The molecule has 0 unspecified atom stereocenters. The fraction of sp³-hybridized carbons (Fsp3) is 0.231. The fourth-order valence-electron chi connectivity index (χ4n) is 3.37. The van der Waals surface area contributed by atoms with Crippen LogP contribution < -0.4 is 26.0 Å². The molecule has 5 N–H and O–H groups in total. The Labute approximate surface area is 229 Å². The molecule has 0 aliphatic rings. The molecule has 38 heavy (non-hydrogen) atoms. The van der Waals surface area contributed by atoms with E-state index in [1.165, 1.54) is 12.3 Å². The maximum absolute atomic E-state index is 12.7. The fourth-order valence-corrected chi connectivity index (χ4v) is 3.80. The lowest BCUT2D eigenvalue weighted by atomic mass is 10.2. The number of hydrogen-bond acceptors (Lipinski definition) is 6. The van der Waals surface area contributed by atoms with Crippen LogP contribution in [0, 0.1) is 0 Å². The van der Waals surface area contributed by atoms with Gasteiger partial charge < -0.3 is 31.1 Å². The number of nitrogens with one attached hydrogen (secondary N) is 4. The lowest BCUT2D eigenvalue weighted by Crippen LogP contribution is -2.37. The number of aromatic nitrogens is 1. The molecule has 0 aliphatic heterocycles. The minimum Gasteiger partial charge on any atom is -0.480 e. The van der Waals surface area contributed by atoms with Crippen molar-refractivity contribution in [2.75, 3.05) is 17.2 Å². The Hall–Kier alpha value is -3.86. The Kier molecular flexibility index (Phi) is 10.7. The molecule has 0 saturated carbocycles. The number of aliphatic carboxylic acids is 1. The van der Waals surface area contributed by atoms with Crippen molar-refractivity contribution in [3.63, 3.8) is 0 Å². The third-order valence-corrected chi connectivity index (χ3v) is 5.61. The summed E-state index contributed by atoms with van der Waals surface area (Å²) in [4.78, 5) is 39.8. The second-order valence-corrected chi connectivity index (χ2v) is 8.99. The first-order valence-electron chi connectivity index (χ1n) is 11.7. The van der Waals surface area contributed by atoms with Crippen molar-refractivity contribution < 1.29 is 24.2 Å². The Morgan fingerprint density at radius 3 is 2.18 bits per heavy atom. The predicted molar refractivity (Wildman–Crippen MR) is 146 cm³/mol. The average Bonchev–Trinajstić information content (AvgIpc) is 2.87. The van der Waals surface area contributed by atoms with Crippen LogP contribution >= 0.6 is 23.2 Å². The summed E-state index contributed by atoms with van der Waals surface area (Å²) in [5, 5.41) is 20.4. The van der Waals surface area contributed by atoms with Crippen LogP contribution in [0.15, 0.2) is 60.8 Å². The van der Waals surface area contributed by atoms with Gasteiger partial charge in [0.25, 0.3) is 5.91 Å². The van der Waals surface area contributed by atoms with Gasteiger partial charge in [-0.25, -0.2) is 9.78 Å². The molecular formula is C26H27Cl2N5O5. The number of ether oxygens (including phenoxy) is 1. The van der Waals surface area contributed by atoms with Gasteiger partial charge in [0, 0.05) is 30.7 Å². The monoisotopic (exact) mass is 559 g/mol. The first kappa shape index (κ1) is 28.7. The number of benzene rings is 2. The van der Waals surface area contributed by atoms with Gasteiger partial charge in [-0.1, -0.05) is 54.4 Å². The molecule has 0 saturated heterocycles. The number of urea groups is 1. The van der Waals surface area contributed by atoms with E-state index in [4.69, 9.17) is 33.0 Å². The van der Waals surface area contributed by atoms with Crippen molar-refractivity contribution in [1.29, 1.82) is 0 Å². The molecule has 2 aromatic carbocycles. The average molecular weight is 560 g/mol. The zero-order valence-electron chi connectivity index (χ0n) is 20.5. The Balaban J connectivity index is 1.52. The number of carbonyl (C=O) groups is 3. The summed E-state index contributed by atoms with van der Waals surface area (Å²) in [5.74, 6) is -1.16. The van der Waals surface area contributed by atoms with Gasteiger partial charge >= 0.3 is 12.0 Å². The molecule has 0 bridgehead atoms. The van der Waals surface area contributed by atoms with Crippen LogP contribution in [-0.4, -0.2) is 40.6 Å². The van der Waals surface area contributed by atoms with Crippen molar-refractivity contribution in [1.82, 2.24) is 15.6 Å². The van der Waals surface area contributed by atoms with Crippen LogP contribution in [0.25, 0.3) is 0 Å². The van der Waals surface area contributed by atoms with Gasteiger partial charge in [0.05, 0.1) is 11.6 Å². The summed E-state index contributed by atoms with van der Waals surface area (Å²) in [6.07, 6.45) is 0.979. The number of pyridine rings is 1. The molecular weight excluding hydrogens is 533 g/mol. The number of carboxylic acid groups (broad SMARTS) is 1. The lowest BCUT2D eigenvalue weighted by molar-refractivity contribution is -0.136. The number of rotatable bonds is 12. The quantitative estimate of drug-likeness (QED) is 0.217. The third-order valence-electron chi connectivity index (χ3n) is 5.13. The molecule has 1 atom stereocenters. The second kappa shape index (κ2) is 14.2. The van der Waals surface area contributed by atoms with Crippen molar-refractivity contribution in [3.05, 3.63) is 82.0 Å². The maximum atomic E-state index is 12.7. The lowest BCUT2D eigenvalue weighted by Gasteiger charge is -2.17. The number of halogens is 2. The van der Waals surface area contributed by atoms with E-state index >= 15 is 0 Å². The van der Waals surface area contributed by atoms with Crippen molar-refractivity contribution in [3.8, 4) is 5.88 Å². The van der Waals surface area contributed by atoms with Crippen LogP contribution in [-0.2, 0) is 22.7 Å². The highest BCUT2D eigenvalue weighted by atomic mass is 35.5. The van der Waals surface area contributed by atoms with Crippen LogP contribution in [0.1, 0.15) is 24.5 Å². The first-order chi connectivity index (χ1) is 18.2. The van der Waals surface area contributed by atoms with E-state index in [0.29, 0.717) is 29.4 Å². The van der Waals surface area contributed by atoms with Crippen molar-refractivity contribution in [2.24, 2.45) is 0 Å². The molecule has 3 aromatic rings. The molecule has 12 heteroatoms. The molecule has 1 aromatic heterocycles. The number of nitrogens with zero attached hydrogens (tertiary/aromatic N) is 1. The molecule has 0 spiro atoms. The molecule has 3 rings (SSSR count). The summed E-state index contributed by atoms with van der Waals surface area (Å²) in [6.45, 7) is 2.21. The van der Waals surface area contributed by atoms with E-state index < -0.39 is 18.1 Å². The Bertz CT molecular complexity index is 1290.